The Kier molecular flexibility index (Phi) is 8.27. The minimum atomic E-state index is -0.795. The summed E-state index contributed by atoms with van der Waals surface area (Å²) in [5.74, 6) is -0.691. The summed E-state index contributed by atoms with van der Waals surface area (Å²) in [4.78, 5) is 42.5. The molecule has 3 aromatic rings. The first-order valence-corrected chi connectivity index (χ1v) is 11.8. The minimum Gasteiger partial charge on any atom is -0.464 e. The Morgan fingerprint density at radius 1 is 1.06 bits per heavy atom. The number of benzene rings is 2. The number of nitrogens with zero attached hydrogens (tertiary/aromatic N) is 2. The van der Waals surface area contributed by atoms with Crippen LogP contribution in [0, 0.1) is 5.92 Å². The largest absolute Gasteiger partial charge is 0.464 e. The van der Waals surface area contributed by atoms with Gasteiger partial charge in [-0.3, -0.25) is 4.79 Å². The number of fused-ring (bicyclic) bond motifs is 1. The van der Waals surface area contributed by atoms with Gasteiger partial charge in [-0.1, -0.05) is 44.2 Å². The van der Waals surface area contributed by atoms with Gasteiger partial charge in [0, 0.05) is 5.56 Å². The van der Waals surface area contributed by atoms with Gasteiger partial charge in [-0.25, -0.2) is 19.1 Å². The lowest BCUT2D eigenvalue weighted by Gasteiger charge is -2.19. The lowest BCUT2D eigenvalue weighted by Crippen LogP contribution is -2.42. The molecule has 0 aliphatic carbocycles. The number of esters is 1. The number of nitrogens with one attached hydrogen (secondary N) is 1. The second-order valence-corrected chi connectivity index (χ2v) is 9.87. The minimum absolute atomic E-state index is 0.187. The van der Waals surface area contributed by atoms with Crippen molar-refractivity contribution in [2.45, 2.75) is 59.1 Å². The zero-order valence-corrected chi connectivity index (χ0v) is 20.9. The van der Waals surface area contributed by atoms with Crippen molar-refractivity contribution in [1.29, 1.82) is 0 Å². The van der Waals surface area contributed by atoms with Gasteiger partial charge in [0.15, 0.2) is 0 Å². The summed E-state index contributed by atoms with van der Waals surface area (Å²) in [5, 5.41) is 2.81. The summed E-state index contributed by atoms with van der Waals surface area (Å²) in [6.07, 6.45) is 1.84. The SMILES string of the molecule is CC(C)COC(=O)[C@H](CCc1ccccc1)NC(=O)c1ccc2c(c1)ncn2C(=O)OC(C)(C)C. The van der Waals surface area contributed by atoms with Gasteiger partial charge in [-0.15, -0.1) is 0 Å². The van der Waals surface area contributed by atoms with Crippen LogP contribution >= 0.6 is 0 Å². The van der Waals surface area contributed by atoms with E-state index in [4.69, 9.17) is 9.47 Å². The molecule has 1 amide bonds. The van der Waals surface area contributed by atoms with Gasteiger partial charge >= 0.3 is 12.1 Å². The van der Waals surface area contributed by atoms with E-state index in [1.54, 1.807) is 39.0 Å². The van der Waals surface area contributed by atoms with Crippen LogP contribution in [0.4, 0.5) is 4.79 Å². The number of ether oxygens (including phenoxy) is 2. The molecule has 1 aromatic heterocycles. The fourth-order valence-corrected chi connectivity index (χ4v) is 3.41. The zero-order valence-electron chi connectivity index (χ0n) is 20.9. The first-order valence-electron chi connectivity index (χ1n) is 11.8. The summed E-state index contributed by atoms with van der Waals surface area (Å²) in [6.45, 7) is 9.55. The maximum Gasteiger partial charge on any atom is 0.420 e. The van der Waals surface area contributed by atoms with E-state index in [0.29, 0.717) is 29.4 Å². The smallest absolute Gasteiger partial charge is 0.420 e. The summed E-state index contributed by atoms with van der Waals surface area (Å²) in [5.41, 5.74) is 1.73. The van der Waals surface area contributed by atoms with Crippen molar-refractivity contribution < 1.29 is 23.9 Å². The van der Waals surface area contributed by atoms with E-state index in [0.717, 1.165) is 5.56 Å². The molecule has 0 aliphatic rings. The predicted octanol–water partition coefficient (Wildman–Crippen LogP) is 4.75. The molecule has 0 unspecified atom stereocenters. The van der Waals surface area contributed by atoms with Crippen LogP contribution in [0.5, 0.6) is 0 Å². The molecule has 0 bridgehead atoms. The molecule has 0 aliphatic heterocycles. The maximum absolute atomic E-state index is 13.0. The number of hydrogen-bond acceptors (Lipinski definition) is 6. The van der Waals surface area contributed by atoms with Crippen molar-refractivity contribution in [3.05, 3.63) is 66.0 Å². The molecule has 1 atom stereocenters. The van der Waals surface area contributed by atoms with Crippen LogP contribution in [0.25, 0.3) is 11.0 Å². The van der Waals surface area contributed by atoms with E-state index in [9.17, 15) is 14.4 Å². The molecule has 1 N–H and O–H groups in total. The Bertz CT molecular complexity index is 1180. The van der Waals surface area contributed by atoms with E-state index in [-0.39, 0.29) is 12.5 Å². The Labute approximate surface area is 205 Å². The Hall–Kier alpha value is -3.68. The topological polar surface area (TPSA) is 99.5 Å². The number of aryl methyl sites for hydroxylation is 1. The number of carbonyl (C=O) groups excluding carboxylic acids is 3. The lowest BCUT2D eigenvalue weighted by molar-refractivity contribution is -0.147. The summed E-state index contributed by atoms with van der Waals surface area (Å²) in [7, 11) is 0. The summed E-state index contributed by atoms with van der Waals surface area (Å²) < 4.78 is 12.1. The highest BCUT2D eigenvalue weighted by molar-refractivity contribution is 6.00. The quantitative estimate of drug-likeness (QED) is 0.468. The van der Waals surface area contributed by atoms with Gasteiger partial charge in [-0.05, 0) is 63.3 Å². The first kappa shape index (κ1) is 25.9. The van der Waals surface area contributed by atoms with Gasteiger partial charge in [0.1, 0.15) is 18.0 Å². The molecular formula is C27H33N3O5. The third-order valence-corrected chi connectivity index (χ3v) is 5.11. The summed E-state index contributed by atoms with van der Waals surface area (Å²) in [6, 6.07) is 13.8. The number of hydrogen-bond donors (Lipinski definition) is 1. The molecular weight excluding hydrogens is 446 g/mol. The van der Waals surface area contributed by atoms with Crippen molar-refractivity contribution in [3.8, 4) is 0 Å². The van der Waals surface area contributed by atoms with Crippen LogP contribution in [0.2, 0.25) is 0 Å². The van der Waals surface area contributed by atoms with Crippen LogP contribution in [-0.2, 0) is 20.7 Å². The molecule has 0 saturated heterocycles. The van der Waals surface area contributed by atoms with E-state index in [1.165, 1.54) is 10.9 Å². The molecule has 35 heavy (non-hydrogen) atoms. The molecule has 0 fully saturated rings. The van der Waals surface area contributed by atoms with E-state index < -0.39 is 29.6 Å². The normalized spacial score (nSPS) is 12.4. The van der Waals surface area contributed by atoms with Crippen LogP contribution < -0.4 is 5.32 Å². The maximum atomic E-state index is 13.0. The zero-order chi connectivity index (χ0) is 25.6. The fourth-order valence-electron chi connectivity index (χ4n) is 3.41. The Balaban J connectivity index is 1.75. The highest BCUT2D eigenvalue weighted by Crippen LogP contribution is 2.18. The van der Waals surface area contributed by atoms with Crippen molar-refractivity contribution >= 4 is 29.0 Å². The fraction of sp³-hybridized carbons (Fsp3) is 0.407. The van der Waals surface area contributed by atoms with Gasteiger partial charge in [-0.2, -0.15) is 0 Å². The van der Waals surface area contributed by atoms with Crippen molar-refractivity contribution in [2.24, 2.45) is 5.92 Å². The van der Waals surface area contributed by atoms with E-state index in [2.05, 4.69) is 10.3 Å². The standard InChI is InChI=1S/C27H33N3O5/c1-18(2)16-34-25(32)21(13-11-19-9-7-6-8-10-19)29-24(31)20-12-14-23-22(15-20)28-17-30(23)26(33)35-27(3,4)5/h6-10,12,14-15,17-18,21H,11,13,16H2,1-5H3,(H,29,31)/t21-/m0/s1. The van der Waals surface area contributed by atoms with Gasteiger partial charge in [0.25, 0.3) is 5.91 Å². The van der Waals surface area contributed by atoms with Gasteiger partial charge in [0.2, 0.25) is 0 Å². The molecule has 2 aromatic carbocycles. The van der Waals surface area contributed by atoms with E-state index >= 15 is 0 Å². The van der Waals surface area contributed by atoms with Crippen molar-refractivity contribution in [2.75, 3.05) is 6.61 Å². The molecule has 1 heterocycles. The highest BCUT2D eigenvalue weighted by Gasteiger charge is 2.24. The molecule has 8 nitrogen and oxygen atoms in total. The molecule has 0 saturated carbocycles. The number of amides is 1. The summed E-state index contributed by atoms with van der Waals surface area (Å²) >= 11 is 0. The predicted molar refractivity (Wildman–Crippen MR) is 133 cm³/mol. The lowest BCUT2D eigenvalue weighted by atomic mass is 10.0. The monoisotopic (exact) mass is 479 g/mol. The number of rotatable bonds is 8. The van der Waals surface area contributed by atoms with Crippen molar-refractivity contribution in [3.63, 3.8) is 0 Å². The van der Waals surface area contributed by atoms with E-state index in [1.807, 2.05) is 44.2 Å². The molecule has 0 radical (unpaired) electrons. The Morgan fingerprint density at radius 3 is 2.43 bits per heavy atom. The molecule has 3 rings (SSSR count). The number of aromatic nitrogens is 2. The van der Waals surface area contributed by atoms with Gasteiger partial charge in [0.05, 0.1) is 17.6 Å². The van der Waals surface area contributed by atoms with Crippen LogP contribution in [-0.4, -0.2) is 45.8 Å². The Morgan fingerprint density at radius 2 is 1.77 bits per heavy atom. The first-order chi connectivity index (χ1) is 16.5. The van der Waals surface area contributed by atoms with Gasteiger partial charge < -0.3 is 14.8 Å². The third-order valence-electron chi connectivity index (χ3n) is 5.11. The molecule has 8 heteroatoms. The van der Waals surface area contributed by atoms with Crippen LogP contribution in [0.1, 0.15) is 57.0 Å². The van der Waals surface area contributed by atoms with Crippen LogP contribution in [0.3, 0.4) is 0 Å². The highest BCUT2D eigenvalue weighted by atomic mass is 16.6. The number of carbonyl (C=O) groups is 3. The molecule has 0 spiro atoms. The average Bonchev–Trinajstić information content (AvgIpc) is 3.23. The molecule has 186 valence electrons. The second kappa shape index (κ2) is 11.2. The van der Waals surface area contributed by atoms with Crippen LogP contribution in [0.15, 0.2) is 54.9 Å². The number of imidazole rings is 1. The second-order valence-electron chi connectivity index (χ2n) is 9.87. The van der Waals surface area contributed by atoms with Crippen molar-refractivity contribution in [1.82, 2.24) is 14.9 Å². The average molecular weight is 480 g/mol. The third kappa shape index (κ3) is 7.40.